The van der Waals surface area contributed by atoms with E-state index < -0.39 is 8.07 Å². The maximum atomic E-state index is 10.4. The van der Waals surface area contributed by atoms with Crippen molar-refractivity contribution in [2.45, 2.75) is 38.9 Å². The molecule has 0 aliphatic heterocycles. The minimum Gasteiger partial charge on any atom is -0.506 e. The van der Waals surface area contributed by atoms with Crippen LogP contribution in [-0.2, 0) is 0 Å². The molecule has 0 amide bonds. The second kappa shape index (κ2) is 6.15. The average Bonchev–Trinajstić information content (AvgIpc) is 2.51. The monoisotopic (exact) mass is 282 g/mol. The van der Waals surface area contributed by atoms with Gasteiger partial charge in [-0.2, -0.15) is 0 Å². The molecule has 2 rings (SSSR count). The van der Waals surface area contributed by atoms with Crippen molar-refractivity contribution < 1.29 is 5.11 Å². The van der Waals surface area contributed by atoms with Gasteiger partial charge in [0.05, 0.1) is 5.56 Å². The highest BCUT2D eigenvalue weighted by Gasteiger charge is 2.24. The van der Waals surface area contributed by atoms with E-state index in [0.717, 1.165) is 16.3 Å². The van der Waals surface area contributed by atoms with Crippen LogP contribution in [0.5, 0.6) is 5.75 Å². The molecule has 0 aliphatic carbocycles. The molecule has 0 unspecified atom stereocenters. The Bertz CT molecular complexity index is 652. The molecule has 0 bridgehead atoms. The van der Waals surface area contributed by atoms with Crippen LogP contribution in [0.15, 0.2) is 36.4 Å². The van der Waals surface area contributed by atoms with Crippen LogP contribution in [0.4, 0.5) is 0 Å². The Kier molecular flexibility index (Phi) is 4.52. The number of fused-ring (bicyclic) bond motifs is 1. The first-order chi connectivity index (χ1) is 9.65. The summed E-state index contributed by atoms with van der Waals surface area (Å²) in [6.07, 6.45) is 0. The van der Waals surface area contributed by atoms with Gasteiger partial charge in [-0.1, -0.05) is 57.0 Å². The van der Waals surface area contributed by atoms with Crippen molar-refractivity contribution in [2.24, 2.45) is 0 Å². The molecule has 0 fully saturated rings. The van der Waals surface area contributed by atoms with Crippen LogP contribution in [-0.4, -0.2) is 13.2 Å². The molecular weight excluding hydrogens is 260 g/mol. The van der Waals surface area contributed by atoms with Gasteiger partial charge in [0.25, 0.3) is 0 Å². The van der Waals surface area contributed by atoms with Crippen molar-refractivity contribution in [2.75, 3.05) is 0 Å². The topological polar surface area (TPSA) is 20.2 Å². The highest BCUT2D eigenvalue weighted by molar-refractivity contribution is 6.87. The summed E-state index contributed by atoms with van der Waals surface area (Å²) in [7, 11) is -1.46. The van der Waals surface area contributed by atoms with Crippen molar-refractivity contribution in [3.05, 3.63) is 42.0 Å². The Hall–Kier alpha value is -1.72. The van der Waals surface area contributed by atoms with Crippen LogP contribution in [0.1, 0.15) is 26.3 Å². The third-order valence-corrected chi connectivity index (χ3v) is 9.11. The van der Waals surface area contributed by atoms with E-state index in [1.165, 1.54) is 18.1 Å². The first kappa shape index (κ1) is 14.7. The average molecular weight is 282 g/mol. The van der Waals surface area contributed by atoms with Crippen molar-refractivity contribution in [1.82, 2.24) is 0 Å². The summed E-state index contributed by atoms with van der Waals surface area (Å²) in [6.45, 7) is 6.73. The van der Waals surface area contributed by atoms with E-state index in [-0.39, 0.29) is 0 Å². The highest BCUT2D eigenvalue weighted by atomic mass is 28.3. The third-order valence-electron chi connectivity index (χ3n) is 4.39. The second-order valence-electron chi connectivity index (χ2n) is 5.27. The number of hydrogen-bond acceptors (Lipinski definition) is 1. The number of aromatic hydroxyl groups is 1. The molecular formula is C18H22OSi. The van der Waals surface area contributed by atoms with Crippen LogP contribution < -0.4 is 0 Å². The van der Waals surface area contributed by atoms with Crippen LogP contribution in [0, 0.1) is 11.5 Å². The predicted molar refractivity (Wildman–Crippen MR) is 89.7 cm³/mol. The Balaban J connectivity index is 2.48. The number of rotatable bonds is 3. The molecule has 2 aromatic rings. The molecule has 2 heteroatoms. The quantitative estimate of drug-likeness (QED) is 0.624. The van der Waals surface area contributed by atoms with E-state index in [1.54, 1.807) is 0 Å². The first-order valence-electron chi connectivity index (χ1n) is 7.39. The minimum atomic E-state index is -1.46. The molecule has 0 atom stereocenters. The van der Waals surface area contributed by atoms with Gasteiger partial charge in [0.15, 0.2) is 0 Å². The van der Waals surface area contributed by atoms with Gasteiger partial charge in [0, 0.05) is 5.39 Å². The maximum Gasteiger partial charge on any atom is 0.138 e. The lowest BCUT2D eigenvalue weighted by Crippen LogP contribution is -2.29. The number of hydrogen-bond donors (Lipinski definition) is 1. The van der Waals surface area contributed by atoms with Crippen LogP contribution in [0.25, 0.3) is 10.8 Å². The van der Waals surface area contributed by atoms with E-state index >= 15 is 0 Å². The fourth-order valence-corrected chi connectivity index (χ4v) is 5.00. The molecule has 1 nitrogen and oxygen atoms in total. The SMILES string of the molecule is CC[Si](C#Cc1ccc2ccccc2c1O)(CC)CC. The van der Waals surface area contributed by atoms with E-state index in [4.69, 9.17) is 0 Å². The summed E-state index contributed by atoms with van der Waals surface area (Å²) in [5, 5.41) is 12.3. The summed E-state index contributed by atoms with van der Waals surface area (Å²) in [5.74, 6) is 3.58. The normalized spacial score (nSPS) is 11.2. The van der Waals surface area contributed by atoms with Crippen LogP contribution in [0.2, 0.25) is 18.1 Å². The summed E-state index contributed by atoms with van der Waals surface area (Å²) < 4.78 is 0. The molecule has 0 spiro atoms. The molecule has 20 heavy (non-hydrogen) atoms. The Morgan fingerprint density at radius 3 is 2.25 bits per heavy atom. The molecule has 2 aromatic carbocycles. The molecule has 0 saturated heterocycles. The molecule has 0 radical (unpaired) electrons. The lowest BCUT2D eigenvalue weighted by molar-refractivity contribution is 0.480. The summed E-state index contributed by atoms with van der Waals surface area (Å²) in [4.78, 5) is 0. The first-order valence-corrected chi connectivity index (χ1v) is 10.0. The molecule has 0 aliphatic rings. The van der Waals surface area contributed by atoms with E-state index in [9.17, 15) is 5.11 Å². The van der Waals surface area contributed by atoms with E-state index in [0.29, 0.717) is 5.75 Å². The smallest absolute Gasteiger partial charge is 0.138 e. The Morgan fingerprint density at radius 2 is 1.60 bits per heavy atom. The third kappa shape index (κ3) is 2.73. The summed E-state index contributed by atoms with van der Waals surface area (Å²) >= 11 is 0. The van der Waals surface area contributed by atoms with Crippen LogP contribution >= 0.6 is 0 Å². The lowest BCUT2D eigenvalue weighted by Gasteiger charge is -2.20. The largest absolute Gasteiger partial charge is 0.506 e. The second-order valence-corrected chi connectivity index (χ2v) is 10.2. The van der Waals surface area contributed by atoms with E-state index in [2.05, 4.69) is 32.2 Å². The number of benzene rings is 2. The van der Waals surface area contributed by atoms with Gasteiger partial charge in [-0.25, -0.2) is 0 Å². The predicted octanol–water partition coefficient (Wildman–Crippen LogP) is 4.94. The van der Waals surface area contributed by atoms with Crippen molar-refractivity contribution in [1.29, 1.82) is 0 Å². The van der Waals surface area contributed by atoms with Crippen molar-refractivity contribution in [3.8, 4) is 17.2 Å². The number of phenolic OH excluding ortho intramolecular Hbond substituents is 1. The van der Waals surface area contributed by atoms with Gasteiger partial charge < -0.3 is 5.11 Å². The molecule has 0 heterocycles. The lowest BCUT2D eigenvalue weighted by atomic mass is 10.1. The maximum absolute atomic E-state index is 10.4. The zero-order valence-corrected chi connectivity index (χ0v) is 13.5. The van der Waals surface area contributed by atoms with E-state index in [1.807, 2.05) is 36.4 Å². The van der Waals surface area contributed by atoms with Crippen LogP contribution in [0.3, 0.4) is 0 Å². The van der Waals surface area contributed by atoms with Gasteiger partial charge in [-0.15, -0.1) is 5.54 Å². The fourth-order valence-electron chi connectivity index (χ4n) is 2.57. The zero-order chi connectivity index (χ0) is 14.6. The van der Waals surface area contributed by atoms with Gasteiger partial charge >= 0.3 is 0 Å². The minimum absolute atomic E-state index is 0.321. The van der Waals surface area contributed by atoms with Gasteiger partial charge in [-0.05, 0) is 29.6 Å². The van der Waals surface area contributed by atoms with Gasteiger partial charge in [0.1, 0.15) is 13.8 Å². The molecule has 0 saturated carbocycles. The van der Waals surface area contributed by atoms with Gasteiger partial charge in [0.2, 0.25) is 0 Å². The molecule has 104 valence electrons. The fraction of sp³-hybridized carbons (Fsp3) is 0.333. The molecule has 0 aromatic heterocycles. The highest BCUT2D eigenvalue weighted by Crippen LogP contribution is 2.28. The Morgan fingerprint density at radius 1 is 0.950 bits per heavy atom. The van der Waals surface area contributed by atoms with Crippen molar-refractivity contribution >= 4 is 18.8 Å². The Labute approximate surface area is 122 Å². The van der Waals surface area contributed by atoms with Gasteiger partial charge in [-0.3, -0.25) is 0 Å². The molecule has 1 N–H and O–H groups in total. The number of phenols is 1. The summed E-state index contributed by atoms with van der Waals surface area (Å²) in [6, 6.07) is 15.4. The standard InChI is InChI=1S/C18H22OSi/c1-4-20(5-2,6-3)14-13-16-12-11-15-9-7-8-10-17(15)18(16)19/h7-12,19H,4-6H2,1-3H3. The van der Waals surface area contributed by atoms with Crippen molar-refractivity contribution in [3.63, 3.8) is 0 Å². The summed E-state index contributed by atoms with van der Waals surface area (Å²) in [5.41, 5.74) is 4.29. The zero-order valence-electron chi connectivity index (χ0n) is 12.5.